The van der Waals surface area contributed by atoms with Crippen LogP contribution in [0.25, 0.3) is 5.73 Å². The molecule has 0 aromatic heterocycles. The van der Waals surface area contributed by atoms with Gasteiger partial charge in [-0.15, -0.1) is 6.04 Å². The summed E-state index contributed by atoms with van der Waals surface area (Å²) in [5.41, 5.74) is 7.57. The molecule has 0 aliphatic rings. The van der Waals surface area contributed by atoms with E-state index in [1.165, 1.54) is 0 Å². The van der Waals surface area contributed by atoms with E-state index in [1.54, 1.807) is 0 Å². The molecule has 0 spiro atoms. The molecule has 2 heteroatoms. The van der Waals surface area contributed by atoms with Gasteiger partial charge in [0, 0.05) is 44.1 Å². The van der Waals surface area contributed by atoms with E-state index in [1.807, 2.05) is 6.92 Å². The Morgan fingerprint density at radius 2 is 1.67 bits per heavy atom. The van der Waals surface area contributed by atoms with Crippen molar-refractivity contribution in [3.05, 3.63) is 5.73 Å². The Balaban J connectivity index is 0. The summed E-state index contributed by atoms with van der Waals surface area (Å²) < 4.78 is 0. The maximum absolute atomic E-state index is 7.23. The van der Waals surface area contributed by atoms with E-state index in [9.17, 15) is 0 Å². The van der Waals surface area contributed by atoms with Crippen molar-refractivity contribution in [1.29, 1.82) is 0 Å². The molecule has 0 bridgehead atoms. The van der Waals surface area contributed by atoms with E-state index in [0.717, 1.165) is 6.42 Å². The van der Waals surface area contributed by atoms with Gasteiger partial charge in [0.05, 0.1) is 0 Å². The second-order valence-corrected chi connectivity index (χ2v) is 3.67. The fourth-order valence-electron chi connectivity index (χ4n) is 0.919. The molecule has 1 radical (unpaired) electrons. The van der Waals surface area contributed by atoms with Gasteiger partial charge in [-0.3, -0.25) is 0 Å². The maximum atomic E-state index is 7.23. The van der Waals surface area contributed by atoms with Crippen molar-refractivity contribution in [3.8, 4) is 0 Å². The molecule has 0 fully saturated rings. The molecule has 0 rings (SSSR count). The van der Waals surface area contributed by atoms with Crippen molar-refractivity contribution in [2.75, 3.05) is 0 Å². The van der Waals surface area contributed by atoms with Gasteiger partial charge in [0.2, 0.25) is 0 Å². The summed E-state index contributed by atoms with van der Waals surface area (Å²) in [6.45, 7) is 8.43. The SMILES string of the molecule is CC([NH-])CC(C)(C)C.[Ac]. The van der Waals surface area contributed by atoms with Gasteiger partial charge in [-0.2, -0.15) is 0 Å². The molecule has 0 saturated carbocycles. The van der Waals surface area contributed by atoms with Crippen LogP contribution in [0.4, 0.5) is 0 Å². The monoisotopic (exact) mass is 341 g/mol. The Hall–Kier alpha value is 1.40. The van der Waals surface area contributed by atoms with Crippen LogP contribution >= 0.6 is 0 Å². The number of hydrogen-bond acceptors (Lipinski definition) is 0. The third-order valence-corrected chi connectivity index (χ3v) is 0.919. The summed E-state index contributed by atoms with van der Waals surface area (Å²) in [5.74, 6) is 0. The first kappa shape index (κ1) is 13.0. The molecule has 0 saturated heterocycles. The van der Waals surface area contributed by atoms with Crippen LogP contribution in [0.5, 0.6) is 0 Å². The van der Waals surface area contributed by atoms with Crippen LogP contribution < -0.4 is 0 Å². The first-order valence-electron chi connectivity index (χ1n) is 3.13. The Bertz CT molecular complexity index is 63.8. The molecule has 0 heterocycles. The van der Waals surface area contributed by atoms with E-state index >= 15 is 0 Å². The van der Waals surface area contributed by atoms with Crippen molar-refractivity contribution >= 4 is 0 Å². The number of nitrogens with one attached hydrogen (secondary N) is 1. The van der Waals surface area contributed by atoms with E-state index in [0.29, 0.717) is 5.41 Å². The minimum absolute atomic E-state index is 0. The molecule has 0 aliphatic heterocycles. The van der Waals surface area contributed by atoms with Crippen LogP contribution in [0.2, 0.25) is 0 Å². The van der Waals surface area contributed by atoms with E-state index in [4.69, 9.17) is 5.73 Å². The van der Waals surface area contributed by atoms with Crippen molar-refractivity contribution in [1.82, 2.24) is 0 Å². The summed E-state index contributed by atoms with van der Waals surface area (Å²) in [7, 11) is 0. The minimum Gasteiger partial charge on any atom is -0.675 e. The summed E-state index contributed by atoms with van der Waals surface area (Å²) in [6, 6.07) is 0.0926. The normalized spacial score (nSPS) is 14.3. The second-order valence-electron chi connectivity index (χ2n) is 3.67. The predicted molar refractivity (Wildman–Crippen MR) is 37.9 cm³/mol. The first-order valence-corrected chi connectivity index (χ1v) is 3.13. The third kappa shape index (κ3) is 12.6. The van der Waals surface area contributed by atoms with Crippen molar-refractivity contribution in [3.63, 3.8) is 0 Å². The smallest absolute Gasteiger partial charge is 0 e. The van der Waals surface area contributed by atoms with Gasteiger partial charge in [0.25, 0.3) is 0 Å². The molecular formula is C7H16AcN-. The van der Waals surface area contributed by atoms with Crippen LogP contribution in [-0.2, 0) is 0 Å². The van der Waals surface area contributed by atoms with Crippen LogP contribution in [-0.4, -0.2) is 6.04 Å². The largest absolute Gasteiger partial charge is 0.675 e. The molecule has 0 amide bonds. The summed E-state index contributed by atoms with van der Waals surface area (Å²) >= 11 is 0. The zero-order chi connectivity index (χ0) is 6.78. The molecule has 1 N–H and O–H groups in total. The van der Waals surface area contributed by atoms with Gasteiger partial charge in [-0.1, -0.05) is 34.1 Å². The fraction of sp³-hybridized carbons (Fsp3) is 1.00. The van der Waals surface area contributed by atoms with Crippen molar-refractivity contribution in [2.24, 2.45) is 5.41 Å². The molecule has 9 heavy (non-hydrogen) atoms. The second kappa shape index (κ2) is 5.10. The van der Waals surface area contributed by atoms with Gasteiger partial charge in [-0.05, 0) is 5.41 Å². The summed E-state index contributed by atoms with van der Waals surface area (Å²) in [5, 5.41) is 0. The predicted octanol–water partition coefficient (Wildman–Crippen LogP) is 2.86. The molecule has 1 atom stereocenters. The Morgan fingerprint density at radius 3 is 1.67 bits per heavy atom. The van der Waals surface area contributed by atoms with Gasteiger partial charge >= 0.3 is 0 Å². The van der Waals surface area contributed by atoms with E-state index in [2.05, 4.69) is 20.8 Å². The van der Waals surface area contributed by atoms with Gasteiger partial charge in [0.15, 0.2) is 0 Å². The number of rotatable bonds is 1. The molecule has 1 nitrogen and oxygen atoms in total. The molecule has 0 aromatic carbocycles. The topological polar surface area (TPSA) is 23.8 Å². The van der Waals surface area contributed by atoms with Crippen LogP contribution in [0.3, 0.4) is 0 Å². The minimum atomic E-state index is 0. The zero-order valence-corrected chi connectivity index (χ0v) is 11.6. The standard InChI is InChI=1S/C7H16N.Ac/c1-6(8)5-7(2,3)4;/h6,8H,5H2,1-4H3;/q-1;. The summed E-state index contributed by atoms with van der Waals surface area (Å²) in [6.07, 6.45) is 0.993. The van der Waals surface area contributed by atoms with Crippen LogP contribution in [0.1, 0.15) is 34.1 Å². The van der Waals surface area contributed by atoms with Crippen LogP contribution in [0, 0.1) is 49.5 Å². The Kier molecular flexibility index (Phi) is 7.39. The van der Waals surface area contributed by atoms with Crippen LogP contribution in [0.15, 0.2) is 0 Å². The van der Waals surface area contributed by atoms with Crippen molar-refractivity contribution < 1.29 is 44.1 Å². The molecular weight excluding hydrogens is 325 g/mol. The Morgan fingerprint density at radius 1 is 1.33 bits per heavy atom. The van der Waals surface area contributed by atoms with E-state index in [-0.39, 0.29) is 50.1 Å². The van der Waals surface area contributed by atoms with Gasteiger partial charge in [0.1, 0.15) is 0 Å². The van der Waals surface area contributed by atoms with Crippen molar-refractivity contribution in [2.45, 2.75) is 40.2 Å². The first-order chi connectivity index (χ1) is 3.42. The molecule has 53 valence electrons. The van der Waals surface area contributed by atoms with Gasteiger partial charge in [-0.25, -0.2) is 0 Å². The fourth-order valence-corrected chi connectivity index (χ4v) is 0.919. The maximum Gasteiger partial charge on any atom is 0 e. The van der Waals surface area contributed by atoms with E-state index < -0.39 is 0 Å². The molecule has 0 aliphatic carbocycles. The molecule has 1 unspecified atom stereocenters. The Labute approximate surface area is 94.3 Å². The zero-order valence-electron chi connectivity index (χ0n) is 6.86. The quantitative estimate of drug-likeness (QED) is 0.701. The van der Waals surface area contributed by atoms with Gasteiger partial charge < -0.3 is 5.73 Å². The summed E-state index contributed by atoms with van der Waals surface area (Å²) in [4.78, 5) is 0. The average molecular weight is 341 g/mol. The number of hydrogen-bond donors (Lipinski definition) is 0. The third-order valence-electron chi connectivity index (χ3n) is 0.919. The molecule has 0 aromatic rings. The average Bonchev–Trinajstić information content (AvgIpc) is 1.21.